The maximum absolute atomic E-state index is 15.2. The lowest BCUT2D eigenvalue weighted by Crippen LogP contribution is -2.50. The SMILES string of the molecule is NC(=O)C(F)(F)N1C2=C(CCOc3cc(C(=O)O)ccc32)SC1c1ncnn1CC(F)(F)F. The van der Waals surface area contributed by atoms with Crippen LogP contribution in [0.25, 0.3) is 5.70 Å². The smallest absolute Gasteiger partial charge is 0.408 e. The number of thioether (sulfide) groups is 1. The minimum atomic E-state index is -4.71. The standard InChI is InChI=1S/C18H14F5N5O4S/c19-17(20,21)6-27-13(25-7-26-27)14-28(18(22,23)16(24)31)12-9-2-1-8(15(29)30)5-10(9)32-4-3-11(12)33-14/h1-2,5,7,14H,3-4,6H2,(H2,24,31)(H,29,30). The van der Waals surface area contributed by atoms with E-state index in [1.54, 1.807) is 0 Å². The van der Waals surface area contributed by atoms with Gasteiger partial charge in [0.2, 0.25) is 0 Å². The molecule has 0 radical (unpaired) electrons. The van der Waals surface area contributed by atoms with E-state index in [-0.39, 0.29) is 40.5 Å². The zero-order valence-corrected chi connectivity index (χ0v) is 17.2. The molecule has 9 nitrogen and oxygen atoms in total. The van der Waals surface area contributed by atoms with Gasteiger partial charge in [0.1, 0.15) is 24.0 Å². The fraction of sp³-hybridized carbons (Fsp3) is 0.333. The van der Waals surface area contributed by atoms with Crippen molar-refractivity contribution in [1.29, 1.82) is 0 Å². The van der Waals surface area contributed by atoms with Crippen LogP contribution >= 0.6 is 11.8 Å². The number of primary amides is 1. The largest absolute Gasteiger partial charge is 0.492 e. The summed E-state index contributed by atoms with van der Waals surface area (Å²) in [6.45, 7) is -1.61. The molecule has 2 aliphatic rings. The number of carbonyl (C=O) groups excluding carboxylic acids is 1. The second-order valence-electron chi connectivity index (χ2n) is 7.02. The van der Waals surface area contributed by atoms with Gasteiger partial charge in [0.05, 0.1) is 17.9 Å². The lowest BCUT2D eigenvalue weighted by atomic mass is 10.1. The van der Waals surface area contributed by atoms with Gasteiger partial charge in [-0.2, -0.15) is 27.1 Å². The summed E-state index contributed by atoms with van der Waals surface area (Å²) in [5.74, 6) is -3.81. The minimum absolute atomic E-state index is 0.0279. The highest BCUT2D eigenvalue weighted by molar-refractivity contribution is 8.03. The average Bonchev–Trinajstić information content (AvgIpc) is 3.26. The number of hydrogen-bond donors (Lipinski definition) is 2. The first-order valence-electron chi connectivity index (χ1n) is 9.22. The number of carboxylic acids is 1. The molecule has 176 valence electrons. The maximum Gasteiger partial charge on any atom is 0.408 e. The van der Waals surface area contributed by atoms with Gasteiger partial charge < -0.3 is 15.6 Å². The third kappa shape index (κ3) is 4.07. The summed E-state index contributed by atoms with van der Waals surface area (Å²) in [6.07, 6.45) is -3.85. The number of ether oxygens (including phenoxy) is 1. The molecule has 15 heteroatoms. The highest BCUT2D eigenvalue weighted by Gasteiger charge is 2.55. The van der Waals surface area contributed by atoms with Gasteiger partial charge in [0, 0.05) is 16.9 Å². The number of carbonyl (C=O) groups is 2. The van der Waals surface area contributed by atoms with Crippen LogP contribution in [0.5, 0.6) is 5.75 Å². The molecule has 3 N–H and O–H groups in total. The van der Waals surface area contributed by atoms with E-state index in [0.717, 1.165) is 30.2 Å². The number of hydrogen-bond acceptors (Lipinski definition) is 7. The second-order valence-corrected chi connectivity index (χ2v) is 8.20. The summed E-state index contributed by atoms with van der Waals surface area (Å²) in [6, 6.07) is -0.812. The molecule has 3 heterocycles. The lowest BCUT2D eigenvalue weighted by molar-refractivity contribution is -0.166. The van der Waals surface area contributed by atoms with E-state index in [0.29, 0.717) is 9.58 Å². The Kier molecular flexibility index (Phi) is 5.46. The number of carboxylic acid groups (broad SMARTS) is 1. The molecule has 0 bridgehead atoms. The number of nitrogens with two attached hydrogens (primary N) is 1. The quantitative estimate of drug-likeness (QED) is 0.484. The number of nitrogens with zero attached hydrogens (tertiary/aromatic N) is 4. The second kappa shape index (κ2) is 7.90. The van der Waals surface area contributed by atoms with Crippen molar-refractivity contribution in [2.24, 2.45) is 5.73 Å². The molecule has 1 amide bonds. The van der Waals surface area contributed by atoms with Crippen molar-refractivity contribution in [3.05, 3.63) is 46.4 Å². The molecule has 0 saturated carbocycles. The normalized spacial score (nSPS) is 18.5. The Bertz CT molecular complexity index is 1170. The van der Waals surface area contributed by atoms with Gasteiger partial charge in [-0.1, -0.05) is 11.8 Å². The average molecular weight is 491 g/mol. The number of aromatic carboxylic acids is 1. The highest BCUT2D eigenvalue weighted by Crippen LogP contribution is 2.57. The zero-order chi connectivity index (χ0) is 24.1. The van der Waals surface area contributed by atoms with Crippen LogP contribution in [0.1, 0.15) is 33.5 Å². The molecule has 0 saturated heterocycles. The number of alkyl halides is 5. The van der Waals surface area contributed by atoms with E-state index >= 15 is 8.78 Å². The Morgan fingerprint density at radius 1 is 1.27 bits per heavy atom. The summed E-state index contributed by atoms with van der Waals surface area (Å²) < 4.78 is 75.2. The van der Waals surface area contributed by atoms with Crippen molar-refractivity contribution >= 4 is 29.3 Å². The Hall–Kier alpha value is -3.36. The Morgan fingerprint density at radius 2 is 2.00 bits per heavy atom. The highest BCUT2D eigenvalue weighted by atomic mass is 32.2. The van der Waals surface area contributed by atoms with Crippen molar-refractivity contribution in [3.8, 4) is 5.75 Å². The van der Waals surface area contributed by atoms with Crippen LogP contribution in [0.2, 0.25) is 0 Å². The van der Waals surface area contributed by atoms with E-state index in [2.05, 4.69) is 10.1 Å². The van der Waals surface area contributed by atoms with Crippen molar-refractivity contribution in [1.82, 2.24) is 19.7 Å². The molecule has 0 fully saturated rings. The minimum Gasteiger partial charge on any atom is -0.492 e. The van der Waals surface area contributed by atoms with Gasteiger partial charge in [-0.25, -0.2) is 14.5 Å². The van der Waals surface area contributed by atoms with Gasteiger partial charge in [0.15, 0.2) is 5.82 Å². The molecular weight excluding hydrogens is 477 g/mol. The summed E-state index contributed by atoms with van der Waals surface area (Å²) >= 11 is 0.763. The first kappa shape index (κ1) is 22.8. The number of aromatic nitrogens is 3. The molecule has 1 unspecified atom stereocenters. The molecule has 4 rings (SSSR count). The molecule has 2 aromatic rings. The number of rotatable bonds is 5. The summed E-state index contributed by atoms with van der Waals surface area (Å²) in [5.41, 5.74) is 4.61. The van der Waals surface area contributed by atoms with Crippen molar-refractivity contribution in [2.75, 3.05) is 6.61 Å². The van der Waals surface area contributed by atoms with Crippen molar-refractivity contribution in [3.63, 3.8) is 0 Å². The van der Waals surface area contributed by atoms with E-state index in [4.69, 9.17) is 10.5 Å². The van der Waals surface area contributed by atoms with Crippen molar-refractivity contribution in [2.45, 2.75) is 30.6 Å². The molecule has 1 atom stereocenters. The van der Waals surface area contributed by atoms with Gasteiger partial charge in [-0.05, 0) is 18.2 Å². The fourth-order valence-corrected chi connectivity index (χ4v) is 4.93. The topological polar surface area (TPSA) is 124 Å². The summed E-state index contributed by atoms with van der Waals surface area (Å²) in [7, 11) is 0. The van der Waals surface area contributed by atoms with Gasteiger partial charge in [0.25, 0.3) is 0 Å². The molecule has 33 heavy (non-hydrogen) atoms. The van der Waals surface area contributed by atoms with Crippen LogP contribution in [0.3, 0.4) is 0 Å². The van der Waals surface area contributed by atoms with E-state index in [9.17, 15) is 27.9 Å². The first-order valence-corrected chi connectivity index (χ1v) is 10.1. The van der Waals surface area contributed by atoms with Gasteiger partial charge >= 0.3 is 24.1 Å². The third-order valence-electron chi connectivity index (χ3n) is 4.86. The first-order chi connectivity index (χ1) is 15.4. The van der Waals surface area contributed by atoms with E-state index in [1.165, 1.54) is 6.07 Å². The van der Waals surface area contributed by atoms with E-state index in [1.807, 2.05) is 0 Å². The third-order valence-corrected chi connectivity index (χ3v) is 6.19. The molecule has 2 aliphatic heterocycles. The number of fused-ring (bicyclic) bond motifs is 2. The van der Waals surface area contributed by atoms with Crippen LogP contribution < -0.4 is 10.5 Å². The molecule has 1 aromatic heterocycles. The van der Waals surface area contributed by atoms with Crippen LogP contribution in [-0.4, -0.2) is 55.5 Å². The molecule has 1 aromatic carbocycles. The van der Waals surface area contributed by atoms with Gasteiger partial charge in [-0.15, -0.1) is 0 Å². The molecule has 0 aliphatic carbocycles. The Labute approximate surface area is 186 Å². The predicted octanol–water partition coefficient (Wildman–Crippen LogP) is 2.82. The predicted molar refractivity (Wildman–Crippen MR) is 103 cm³/mol. The van der Waals surface area contributed by atoms with Gasteiger partial charge in [-0.3, -0.25) is 9.69 Å². The Balaban J connectivity index is 1.87. The van der Waals surface area contributed by atoms with Crippen molar-refractivity contribution < 1.29 is 41.4 Å². The van der Waals surface area contributed by atoms with Crippen LogP contribution in [0, 0.1) is 0 Å². The summed E-state index contributed by atoms with van der Waals surface area (Å²) in [5, 5.41) is 11.1. The Morgan fingerprint density at radius 3 is 2.64 bits per heavy atom. The summed E-state index contributed by atoms with van der Waals surface area (Å²) in [4.78, 5) is 27.3. The van der Waals surface area contributed by atoms with E-state index < -0.39 is 41.8 Å². The monoisotopic (exact) mass is 491 g/mol. The number of benzene rings is 1. The maximum atomic E-state index is 15.2. The molecule has 0 spiro atoms. The lowest BCUT2D eigenvalue weighted by Gasteiger charge is -2.34. The molecular formula is C18H14F5N5O4S. The van der Waals surface area contributed by atoms with Crippen LogP contribution in [-0.2, 0) is 11.3 Å². The number of halogens is 5. The van der Waals surface area contributed by atoms with Crippen LogP contribution in [0.15, 0.2) is 29.4 Å². The van der Waals surface area contributed by atoms with Crippen LogP contribution in [0.4, 0.5) is 22.0 Å². The fourth-order valence-electron chi connectivity index (χ4n) is 3.51. The zero-order valence-electron chi connectivity index (χ0n) is 16.3. The number of amides is 1.